The van der Waals surface area contributed by atoms with E-state index in [-0.39, 0.29) is 19.1 Å². The van der Waals surface area contributed by atoms with Gasteiger partial charge in [0.25, 0.3) is 5.91 Å². The molecule has 1 heterocycles. The highest BCUT2D eigenvalue weighted by atomic mass is 16.5. The molecule has 3 N–H and O–H groups in total. The van der Waals surface area contributed by atoms with Crippen molar-refractivity contribution in [2.45, 2.75) is 24.8 Å². The van der Waals surface area contributed by atoms with Crippen LogP contribution in [0.2, 0.25) is 0 Å². The van der Waals surface area contributed by atoms with E-state index in [1.807, 2.05) is 91.0 Å². The smallest absolute Gasteiger partial charge is 0.266 e. The number of carbonyl (C=O) groups excluding carboxylic acids is 1. The highest BCUT2D eigenvalue weighted by Crippen LogP contribution is 2.27. The molecule has 204 valence electrons. The van der Waals surface area contributed by atoms with E-state index in [0.29, 0.717) is 37.6 Å². The molecule has 0 bridgehead atoms. The van der Waals surface area contributed by atoms with E-state index < -0.39 is 5.54 Å². The molecule has 0 radical (unpaired) electrons. The number of carbonyl (C=O) groups is 1. The molecule has 8 heteroatoms. The molecule has 39 heavy (non-hydrogen) atoms. The number of hydrogen-bond donors (Lipinski definition) is 3. The molecule has 0 saturated carbocycles. The number of hydrogen-bond acceptors (Lipinski definition) is 7. The lowest BCUT2D eigenvalue weighted by Crippen LogP contribution is -2.51. The van der Waals surface area contributed by atoms with Gasteiger partial charge in [-0.05, 0) is 53.9 Å². The lowest BCUT2D eigenvalue weighted by atomic mass is 9.95. The van der Waals surface area contributed by atoms with Gasteiger partial charge in [-0.1, -0.05) is 54.6 Å². The fourth-order valence-electron chi connectivity index (χ4n) is 4.07. The van der Waals surface area contributed by atoms with E-state index >= 15 is 0 Å². The maximum atomic E-state index is 13.4. The van der Waals surface area contributed by atoms with Crippen LogP contribution in [0.1, 0.15) is 29.5 Å². The van der Waals surface area contributed by atoms with Gasteiger partial charge in [0.05, 0.1) is 13.7 Å². The van der Waals surface area contributed by atoms with Crippen LogP contribution in [0.4, 0.5) is 0 Å². The Balaban J connectivity index is 1.43. The van der Waals surface area contributed by atoms with Crippen molar-refractivity contribution >= 4 is 17.9 Å². The summed E-state index contributed by atoms with van der Waals surface area (Å²) in [5.74, 6) is 1.67. The first kappa shape index (κ1) is 27.9. The minimum Gasteiger partial charge on any atom is -0.497 e. The van der Waals surface area contributed by atoms with Crippen LogP contribution in [0.5, 0.6) is 11.5 Å². The number of nitrogens with one attached hydrogen (secondary N) is 2. The molecular weight excluding hydrogens is 494 g/mol. The summed E-state index contributed by atoms with van der Waals surface area (Å²) in [4.78, 5) is 18.2. The third-order valence-electron chi connectivity index (χ3n) is 6.32. The van der Waals surface area contributed by atoms with E-state index in [2.05, 4.69) is 10.9 Å². The maximum absolute atomic E-state index is 13.4. The van der Waals surface area contributed by atoms with E-state index in [4.69, 9.17) is 24.3 Å². The largest absolute Gasteiger partial charge is 0.497 e. The second-order valence-electron chi connectivity index (χ2n) is 9.18. The third-order valence-corrected chi connectivity index (χ3v) is 6.32. The zero-order chi connectivity index (χ0) is 27.3. The van der Waals surface area contributed by atoms with E-state index in [1.54, 1.807) is 7.11 Å². The Morgan fingerprint density at radius 1 is 1.05 bits per heavy atom. The molecule has 1 atom stereocenters. The number of ether oxygens (including phenoxy) is 3. The first-order valence-corrected chi connectivity index (χ1v) is 13.1. The van der Waals surface area contributed by atoms with Crippen LogP contribution in [0.25, 0.3) is 6.08 Å². The number of rotatable bonds is 14. The highest BCUT2D eigenvalue weighted by molar-refractivity contribution is 6.00. The van der Waals surface area contributed by atoms with Crippen molar-refractivity contribution in [2.24, 2.45) is 4.99 Å². The number of aliphatic hydroxyl groups is 1. The molecule has 0 aromatic heterocycles. The number of methoxy groups -OCH3 is 1. The molecule has 8 nitrogen and oxygen atoms in total. The lowest BCUT2D eigenvalue weighted by Gasteiger charge is -2.22. The van der Waals surface area contributed by atoms with Gasteiger partial charge < -0.3 is 19.3 Å². The average Bonchev–Trinajstić information content (AvgIpc) is 3.42. The van der Waals surface area contributed by atoms with Gasteiger partial charge >= 0.3 is 0 Å². The van der Waals surface area contributed by atoms with Gasteiger partial charge in [-0.3, -0.25) is 10.2 Å². The van der Waals surface area contributed by atoms with Crippen LogP contribution >= 0.6 is 0 Å². The van der Waals surface area contributed by atoms with Gasteiger partial charge in [-0.25, -0.2) is 10.4 Å². The molecular formula is C31H35N3O5. The van der Waals surface area contributed by atoms with Gasteiger partial charge in [-0.15, -0.1) is 0 Å². The molecule has 0 aliphatic carbocycles. The molecule has 3 aromatic rings. The standard InChI is InChI=1S/C31H35N3O5/c1-37-27-14-10-25(11-15-27)18-20-32-34-30(36)31(19-5-9-24-7-3-2-4-8-24)23-39-29(33-31)26-12-16-28(17-13-26)38-22-6-21-35/h2-5,7-17,32,35H,6,18-23H2,1H3,(H,34,36)/b9-5+/t31-/m0/s1. The molecule has 3 aromatic carbocycles. The summed E-state index contributed by atoms with van der Waals surface area (Å²) in [5, 5.41) is 8.93. The summed E-state index contributed by atoms with van der Waals surface area (Å²) >= 11 is 0. The zero-order valence-electron chi connectivity index (χ0n) is 22.1. The number of nitrogens with zero attached hydrogens (tertiary/aromatic N) is 1. The van der Waals surface area contributed by atoms with E-state index in [1.165, 1.54) is 0 Å². The SMILES string of the molecule is COc1ccc(CCNNC(=O)[C@]2(C/C=C/c3ccccc3)COC(c3ccc(OCCCO)cc3)=N2)cc1. The van der Waals surface area contributed by atoms with Crippen molar-refractivity contribution < 1.29 is 24.1 Å². The quantitative estimate of drug-likeness (QED) is 0.216. The fraction of sp³-hybridized carbons (Fsp3) is 0.290. The monoisotopic (exact) mass is 529 g/mol. The van der Waals surface area contributed by atoms with Crippen LogP contribution in [0.3, 0.4) is 0 Å². The minimum atomic E-state index is -1.11. The molecule has 0 saturated heterocycles. The van der Waals surface area contributed by atoms with Crippen LogP contribution in [0.15, 0.2) is 89.9 Å². The Hall–Kier alpha value is -4.14. The van der Waals surface area contributed by atoms with Crippen molar-refractivity contribution in [1.29, 1.82) is 0 Å². The summed E-state index contributed by atoms with van der Waals surface area (Å²) in [6, 6.07) is 25.1. The summed E-state index contributed by atoms with van der Waals surface area (Å²) in [6.45, 7) is 1.21. The Bertz CT molecular complexity index is 1240. The molecule has 0 fully saturated rings. The summed E-state index contributed by atoms with van der Waals surface area (Å²) in [6.07, 6.45) is 5.63. The highest BCUT2D eigenvalue weighted by Gasteiger charge is 2.43. The second-order valence-corrected chi connectivity index (χ2v) is 9.18. The van der Waals surface area contributed by atoms with Crippen molar-refractivity contribution in [3.05, 3.63) is 102 Å². The summed E-state index contributed by atoms with van der Waals surface area (Å²) < 4.78 is 16.8. The van der Waals surface area contributed by atoms with Crippen molar-refractivity contribution in [2.75, 3.05) is 33.5 Å². The number of amides is 1. The molecule has 1 amide bonds. The van der Waals surface area contributed by atoms with Crippen LogP contribution in [-0.2, 0) is 16.0 Å². The van der Waals surface area contributed by atoms with Crippen LogP contribution in [0, 0.1) is 0 Å². The Kier molecular flexibility index (Phi) is 10.1. The normalized spacial score (nSPS) is 16.5. The number of hydrazine groups is 1. The van der Waals surface area contributed by atoms with Crippen molar-refractivity contribution in [3.8, 4) is 11.5 Å². The van der Waals surface area contributed by atoms with Gasteiger partial charge in [0, 0.05) is 31.6 Å². The molecule has 4 rings (SSSR count). The van der Waals surface area contributed by atoms with Crippen LogP contribution in [-0.4, -0.2) is 55.9 Å². The fourth-order valence-corrected chi connectivity index (χ4v) is 4.07. The molecule has 0 unspecified atom stereocenters. The average molecular weight is 530 g/mol. The first-order chi connectivity index (χ1) is 19.1. The zero-order valence-corrected chi connectivity index (χ0v) is 22.1. The number of benzene rings is 3. The topological polar surface area (TPSA) is 101 Å². The molecule has 1 aliphatic heterocycles. The predicted molar refractivity (Wildman–Crippen MR) is 152 cm³/mol. The predicted octanol–water partition coefficient (Wildman–Crippen LogP) is 3.94. The second kappa shape index (κ2) is 14.1. The van der Waals surface area contributed by atoms with Gasteiger partial charge in [0.15, 0.2) is 5.54 Å². The van der Waals surface area contributed by atoms with Crippen molar-refractivity contribution in [3.63, 3.8) is 0 Å². The van der Waals surface area contributed by atoms with Crippen molar-refractivity contribution in [1.82, 2.24) is 10.9 Å². The van der Waals surface area contributed by atoms with E-state index in [9.17, 15) is 4.79 Å². The van der Waals surface area contributed by atoms with Gasteiger partial charge in [-0.2, -0.15) is 0 Å². The maximum Gasteiger partial charge on any atom is 0.266 e. The van der Waals surface area contributed by atoms with Crippen LogP contribution < -0.4 is 20.3 Å². The third kappa shape index (κ3) is 7.92. The van der Waals surface area contributed by atoms with E-state index in [0.717, 1.165) is 28.9 Å². The van der Waals surface area contributed by atoms with Gasteiger partial charge in [0.2, 0.25) is 5.90 Å². The number of aliphatic imine (C=N–C) groups is 1. The molecule has 0 spiro atoms. The lowest BCUT2D eigenvalue weighted by molar-refractivity contribution is -0.127. The Morgan fingerprint density at radius 3 is 2.51 bits per heavy atom. The first-order valence-electron chi connectivity index (χ1n) is 13.1. The Labute approximate surface area is 229 Å². The number of aliphatic hydroxyl groups excluding tert-OH is 1. The Morgan fingerprint density at radius 2 is 1.79 bits per heavy atom. The summed E-state index contributed by atoms with van der Waals surface area (Å²) in [7, 11) is 1.64. The molecule has 1 aliphatic rings. The summed E-state index contributed by atoms with van der Waals surface area (Å²) in [5.41, 5.74) is 7.72. The minimum absolute atomic E-state index is 0.0853. The van der Waals surface area contributed by atoms with Gasteiger partial charge in [0.1, 0.15) is 18.1 Å².